The predicted molar refractivity (Wildman–Crippen MR) is 74.9 cm³/mol. The van der Waals surface area contributed by atoms with E-state index < -0.39 is 5.60 Å². The lowest BCUT2D eigenvalue weighted by Gasteiger charge is -2.42. The second-order valence-corrected chi connectivity index (χ2v) is 5.68. The zero-order valence-electron chi connectivity index (χ0n) is 11.3. The lowest BCUT2D eigenvalue weighted by atomic mass is 9.68. The fourth-order valence-corrected chi connectivity index (χ4v) is 3.43. The molecule has 0 bridgehead atoms. The Morgan fingerprint density at radius 1 is 0.947 bits per heavy atom. The van der Waals surface area contributed by atoms with Gasteiger partial charge in [0.15, 0.2) is 0 Å². The topological polar surface area (TPSA) is 60.7 Å². The van der Waals surface area contributed by atoms with Crippen molar-refractivity contribution in [1.29, 1.82) is 0 Å². The number of aliphatic hydroxyl groups is 3. The Labute approximate surface area is 114 Å². The molecule has 3 heteroatoms. The van der Waals surface area contributed by atoms with Crippen LogP contribution in [0.25, 0.3) is 0 Å². The van der Waals surface area contributed by atoms with E-state index in [1.54, 1.807) is 0 Å². The molecule has 1 aliphatic rings. The number of hydrogen-bond acceptors (Lipinski definition) is 3. The Hall–Kier alpha value is -0.900. The molecule has 1 unspecified atom stereocenters. The van der Waals surface area contributed by atoms with E-state index >= 15 is 0 Å². The van der Waals surface area contributed by atoms with Crippen molar-refractivity contribution in [3.8, 4) is 0 Å². The van der Waals surface area contributed by atoms with Crippen LogP contribution in [0.3, 0.4) is 0 Å². The van der Waals surface area contributed by atoms with Crippen molar-refractivity contribution < 1.29 is 15.3 Å². The van der Waals surface area contributed by atoms with Crippen LogP contribution >= 0.6 is 0 Å². The first-order valence-electron chi connectivity index (χ1n) is 7.20. The third kappa shape index (κ3) is 3.16. The van der Waals surface area contributed by atoms with Gasteiger partial charge in [-0.05, 0) is 18.4 Å². The van der Waals surface area contributed by atoms with Gasteiger partial charge in [0, 0.05) is 25.0 Å². The molecule has 0 heterocycles. The average molecular weight is 264 g/mol. The second kappa shape index (κ2) is 6.51. The summed E-state index contributed by atoms with van der Waals surface area (Å²) in [4.78, 5) is 0. The molecule has 3 N–H and O–H groups in total. The maximum absolute atomic E-state index is 11.0. The highest BCUT2D eigenvalue weighted by atomic mass is 16.3. The lowest BCUT2D eigenvalue weighted by Crippen LogP contribution is -2.43. The molecule has 3 nitrogen and oxygen atoms in total. The first-order valence-corrected chi connectivity index (χ1v) is 7.20. The van der Waals surface area contributed by atoms with Gasteiger partial charge in [0.05, 0.1) is 5.60 Å². The molecule has 0 amide bonds. The van der Waals surface area contributed by atoms with E-state index in [4.69, 9.17) is 0 Å². The molecule has 0 radical (unpaired) electrons. The summed E-state index contributed by atoms with van der Waals surface area (Å²) >= 11 is 0. The minimum Gasteiger partial charge on any atom is -0.396 e. The van der Waals surface area contributed by atoms with Crippen LogP contribution in [0.2, 0.25) is 0 Å². The zero-order chi connectivity index (χ0) is 13.7. The highest BCUT2D eigenvalue weighted by Gasteiger charge is 2.42. The van der Waals surface area contributed by atoms with Gasteiger partial charge in [0.25, 0.3) is 0 Å². The van der Waals surface area contributed by atoms with E-state index in [1.807, 2.05) is 30.3 Å². The Morgan fingerprint density at radius 2 is 1.53 bits per heavy atom. The van der Waals surface area contributed by atoms with E-state index in [1.165, 1.54) is 0 Å². The summed E-state index contributed by atoms with van der Waals surface area (Å²) in [6.07, 6.45) is 4.70. The van der Waals surface area contributed by atoms with Crippen molar-refractivity contribution in [1.82, 2.24) is 0 Å². The van der Waals surface area contributed by atoms with Crippen LogP contribution in [0.4, 0.5) is 0 Å². The van der Waals surface area contributed by atoms with E-state index in [9.17, 15) is 15.3 Å². The summed E-state index contributed by atoms with van der Waals surface area (Å²) in [5.41, 5.74) is 0.218. The Kier molecular flexibility index (Phi) is 4.97. The fraction of sp³-hybridized carbons (Fsp3) is 0.625. The summed E-state index contributed by atoms with van der Waals surface area (Å²) in [6, 6.07) is 9.80. The van der Waals surface area contributed by atoms with E-state index in [0.29, 0.717) is 0 Å². The third-order valence-electron chi connectivity index (χ3n) is 4.40. The Bertz CT molecular complexity index is 367. The molecule has 0 spiro atoms. The zero-order valence-corrected chi connectivity index (χ0v) is 11.3. The maximum atomic E-state index is 11.0. The number of benzene rings is 1. The van der Waals surface area contributed by atoms with Crippen LogP contribution in [0, 0.1) is 5.92 Å². The van der Waals surface area contributed by atoms with Gasteiger partial charge in [-0.3, -0.25) is 0 Å². The van der Waals surface area contributed by atoms with Crippen LogP contribution in [-0.2, 0) is 0 Å². The van der Waals surface area contributed by atoms with Crippen molar-refractivity contribution in [2.75, 3.05) is 13.2 Å². The molecule has 1 aliphatic carbocycles. The van der Waals surface area contributed by atoms with Crippen molar-refractivity contribution in [3.05, 3.63) is 35.9 Å². The molecule has 1 saturated carbocycles. The normalized spacial score (nSPS) is 20.4. The number of rotatable bonds is 5. The van der Waals surface area contributed by atoms with Crippen LogP contribution in [0.5, 0.6) is 0 Å². The quantitative estimate of drug-likeness (QED) is 0.763. The van der Waals surface area contributed by atoms with Crippen molar-refractivity contribution in [2.24, 2.45) is 5.92 Å². The lowest BCUT2D eigenvalue weighted by molar-refractivity contribution is -0.0543. The van der Waals surface area contributed by atoms with Gasteiger partial charge < -0.3 is 15.3 Å². The van der Waals surface area contributed by atoms with Gasteiger partial charge >= 0.3 is 0 Å². The summed E-state index contributed by atoms with van der Waals surface area (Å²) in [6.45, 7) is -0.198. The first kappa shape index (κ1) is 14.5. The van der Waals surface area contributed by atoms with Gasteiger partial charge in [0.2, 0.25) is 0 Å². The van der Waals surface area contributed by atoms with Crippen molar-refractivity contribution in [2.45, 2.75) is 43.6 Å². The minimum absolute atomic E-state index is 0.0988. The SMILES string of the molecule is OCC(CO)C(c1ccccc1)C1(O)CCCCC1. The second-order valence-electron chi connectivity index (χ2n) is 5.68. The standard InChI is InChI=1S/C16H24O3/c17-11-14(12-18)15(13-7-3-1-4-8-13)16(19)9-5-2-6-10-16/h1,3-4,7-8,14-15,17-19H,2,5-6,9-12H2. The van der Waals surface area contributed by atoms with Crippen LogP contribution < -0.4 is 0 Å². The van der Waals surface area contributed by atoms with Crippen molar-refractivity contribution >= 4 is 0 Å². The van der Waals surface area contributed by atoms with Crippen molar-refractivity contribution in [3.63, 3.8) is 0 Å². The largest absolute Gasteiger partial charge is 0.396 e. The van der Waals surface area contributed by atoms with E-state index in [0.717, 1.165) is 37.7 Å². The molecule has 0 aromatic heterocycles. The van der Waals surface area contributed by atoms with Gasteiger partial charge in [0.1, 0.15) is 0 Å². The van der Waals surface area contributed by atoms with Crippen LogP contribution in [0.1, 0.15) is 43.6 Å². The van der Waals surface area contributed by atoms with Gasteiger partial charge in [-0.1, -0.05) is 49.6 Å². The summed E-state index contributed by atoms with van der Waals surface area (Å²) in [5.74, 6) is -0.491. The fourth-order valence-electron chi connectivity index (χ4n) is 3.43. The third-order valence-corrected chi connectivity index (χ3v) is 4.40. The molecular weight excluding hydrogens is 240 g/mol. The van der Waals surface area contributed by atoms with E-state index in [2.05, 4.69) is 0 Å². The smallest absolute Gasteiger partial charge is 0.0720 e. The molecule has 2 rings (SSSR count). The molecule has 106 valence electrons. The maximum Gasteiger partial charge on any atom is 0.0720 e. The minimum atomic E-state index is -0.796. The molecule has 1 aromatic carbocycles. The highest BCUT2D eigenvalue weighted by Crippen LogP contribution is 2.43. The van der Waals surface area contributed by atoms with Crippen LogP contribution in [0.15, 0.2) is 30.3 Å². The summed E-state index contributed by atoms with van der Waals surface area (Å²) < 4.78 is 0. The van der Waals surface area contributed by atoms with Crippen LogP contribution in [-0.4, -0.2) is 34.1 Å². The monoisotopic (exact) mass is 264 g/mol. The molecule has 19 heavy (non-hydrogen) atoms. The average Bonchev–Trinajstić information content (AvgIpc) is 2.46. The highest BCUT2D eigenvalue weighted by molar-refractivity contribution is 5.24. The Balaban J connectivity index is 2.33. The number of hydrogen-bond donors (Lipinski definition) is 3. The molecule has 1 atom stereocenters. The van der Waals surface area contributed by atoms with E-state index in [-0.39, 0.29) is 25.0 Å². The van der Waals surface area contributed by atoms with Gasteiger partial charge in [-0.15, -0.1) is 0 Å². The molecule has 0 saturated heterocycles. The van der Waals surface area contributed by atoms with Gasteiger partial charge in [-0.2, -0.15) is 0 Å². The molecular formula is C16H24O3. The summed E-state index contributed by atoms with van der Waals surface area (Å²) in [7, 11) is 0. The molecule has 1 aromatic rings. The molecule has 0 aliphatic heterocycles. The molecule has 1 fully saturated rings. The number of aliphatic hydroxyl groups excluding tert-OH is 2. The first-order chi connectivity index (χ1) is 9.21. The van der Waals surface area contributed by atoms with Gasteiger partial charge in [-0.25, -0.2) is 0 Å². The Morgan fingerprint density at radius 3 is 2.05 bits per heavy atom. The summed E-state index contributed by atoms with van der Waals surface area (Å²) in [5, 5.41) is 30.1. The predicted octanol–water partition coefficient (Wildman–Crippen LogP) is 2.07.